The average molecular weight is 233 g/mol. The molecule has 2 aromatic rings. The predicted octanol–water partition coefficient (Wildman–Crippen LogP) is 0.804. The molecule has 1 amide bonds. The molecule has 0 aliphatic rings. The summed E-state index contributed by atoms with van der Waals surface area (Å²) < 4.78 is 0. The average Bonchev–Trinajstić information content (AvgIpc) is 2.96. The Morgan fingerprint density at radius 3 is 2.94 bits per heavy atom. The first-order valence-electron chi connectivity index (χ1n) is 5.53. The van der Waals surface area contributed by atoms with Crippen LogP contribution in [0.2, 0.25) is 0 Å². The lowest BCUT2D eigenvalue weighted by Gasteiger charge is -2.02. The molecule has 90 valence electrons. The van der Waals surface area contributed by atoms with Crippen molar-refractivity contribution in [3.63, 3.8) is 0 Å². The fraction of sp³-hybridized carbons (Fsp3) is 0.364. The van der Waals surface area contributed by atoms with Crippen molar-refractivity contribution >= 4 is 5.91 Å². The van der Waals surface area contributed by atoms with Gasteiger partial charge in [-0.2, -0.15) is 10.2 Å². The highest BCUT2D eigenvalue weighted by Crippen LogP contribution is 2.05. The van der Waals surface area contributed by atoms with Crippen LogP contribution in [0.3, 0.4) is 0 Å². The van der Waals surface area contributed by atoms with Crippen molar-refractivity contribution in [2.24, 2.45) is 0 Å². The van der Waals surface area contributed by atoms with Crippen molar-refractivity contribution in [3.8, 4) is 0 Å². The van der Waals surface area contributed by atoms with E-state index >= 15 is 0 Å². The number of nitrogens with one attached hydrogen (secondary N) is 3. The van der Waals surface area contributed by atoms with Crippen LogP contribution in [-0.4, -0.2) is 32.8 Å². The Kier molecular flexibility index (Phi) is 3.54. The lowest BCUT2D eigenvalue weighted by atomic mass is 10.1. The van der Waals surface area contributed by atoms with Crippen molar-refractivity contribution in [1.29, 1.82) is 0 Å². The van der Waals surface area contributed by atoms with E-state index in [1.54, 1.807) is 6.20 Å². The van der Waals surface area contributed by atoms with Crippen LogP contribution in [0.15, 0.2) is 18.6 Å². The molecule has 0 saturated carbocycles. The normalized spacial score (nSPS) is 10.4. The quantitative estimate of drug-likeness (QED) is 0.668. The summed E-state index contributed by atoms with van der Waals surface area (Å²) in [7, 11) is 0. The largest absolute Gasteiger partial charge is 0.352 e. The van der Waals surface area contributed by atoms with Gasteiger partial charge in [0.1, 0.15) is 0 Å². The van der Waals surface area contributed by atoms with Crippen molar-refractivity contribution in [3.05, 3.63) is 35.4 Å². The standard InChI is InChI=1S/C11H15N5O/c1-8-9(5-15-16-8)3-2-4-12-11(17)10-6-13-14-7-10/h5-7H,2-4H2,1H3,(H,12,17)(H,13,14)(H,15,16). The number of rotatable bonds is 5. The molecule has 0 aliphatic heterocycles. The maximum absolute atomic E-state index is 11.5. The highest BCUT2D eigenvalue weighted by atomic mass is 16.1. The van der Waals surface area contributed by atoms with Gasteiger partial charge >= 0.3 is 0 Å². The van der Waals surface area contributed by atoms with E-state index in [0.717, 1.165) is 18.5 Å². The Balaban J connectivity index is 1.70. The zero-order valence-corrected chi connectivity index (χ0v) is 9.66. The van der Waals surface area contributed by atoms with Crippen LogP contribution in [0.4, 0.5) is 0 Å². The van der Waals surface area contributed by atoms with Gasteiger partial charge in [-0.3, -0.25) is 15.0 Å². The molecule has 3 N–H and O–H groups in total. The van der Waals surface area contributed by atoms with Gasteiger partial charge in [-0.15, -0.1) is 0 Å². The Hall–Kier alpha value is -2.11. The second kappa shape index (κ2) is 5.29. The first-order valence-corrected chi connectivity index (χ1v) is 5.53. The van der Waals surface area contributed by atoms with Crippen LogP contribution in [0, 0.1) is 6.92 Å². The summed E-state index contributed by atoms with van der Waals surface area (Å²) in [6.45, 7) is 2.64. The number of aryl methyl sites for hydroxylation is 2. The number of nitrogens with zero attached hydrogens (tertiary/aromatic N) is 2. The molecular formula is C11H15N5O. The van der Waals surface area contributed by atoms with Gasteiger partial charge < -0.3 is 5.32 Å². The minimum Gasteiger partial charge on any atom is -0.352 e. The predicted molar refractivity (Wildman–Crippen MR) is 62.6 cm³/mol. The fourth-order valence-electron chi connectivity index (χ4n) is 1.59. The monoisotopic (exact) mass is 233 g/mol. The van der Waals surface area contributed by atoms with E-state index in [9.17, 15) is 4.79 Å². The van der Waals surface area contributed by atoms with Gasteiger partial charge in [0.05, 0.1) is 18.0 Å². The second-order valence-corrected chi connectivity index (χ2v) is 3.87. The summed E-state index contributed by atoms with van der Waals surface area (Å²) in [6, 6.07) is 0. The van der Waals surface area contributed by atoms with Crippen LogP contribution in [0.25, 0.3) is 0 Å². The van der Waals surface area contributed by atoms with E-state index < -0.39 is 0 Å². The van der Waals surface area contributed by atoms with E-state index in [0.29, 0.717) is 12.1 Å². The van der Waals surface area contributed by atoms with Crippen LogP contribution in [0.5, 0.6) is 0 Å². The molecule has 0 spiro atoms. The molecule has 6 heteroatoms. The molecule has 0 radical (unpaired) electrons. The Morgan fingerprint density at radius 1 is 1.41 bits per heavy atom. The van der Waals surface area contributed by atoms with Crippen molar-refractivity contribution < 1.29 is 4.79 Å². The van der Waals surface area contributed by atoms with Gasteiger partial charge in [0.15, 0.2) is 0 Å². The molecule has 0 unspecified atom stereocenters. The van der Waals surface area contributed by atoms with E-state index in [4.69, 9.17) is 0 Å². The fourth-order valence-corrected chi connectivity index (χ4v) is 1.59. The molecule has 0 aliphatic carbocycles. The van der Waals surface area contributed by atoms with E-state index in [1.807, 2.05) is 13.1 Å². The molecule has 0 saturated heterocycles. The van der Waals surface area contributed by atoms with Crippen LogP contribution >= 0.6 is 0 Å². The molecule has 2 aromatic heterocycles. The molecule has 0 bridgehead atoms. The van der Waals surface area contributed by atoms with Gasteiger partial charge in [-0.05, 0) is 25.3 Å². The third kappa shape index (κ3) is 2.93. The molecule has 6 nitrogen and oxygen atoms in total. The molecule has 0 aromatic carbocycles. The summed E-state index contributed by atoms with van der Waals surface area (Å²) in [4.78, 5) is 11.5. The van der Waals surface area contributed by atoms with Gasteiger partial charge in [-0.1, -0.05) is 0 Å². The summed E-state index contributed by atoms with van der Waals surface area (Å²) in [5.74, 6) is -0.0948. The number of carbonyl (C=O) groups excluding carboxylic acids is 1. The summed E-state index contributed by atoms with van der Waals surface area (Å²) in [5.41, 5.74) is 2.85. The maximum atomic E-state index is 11.5. The number of aromatic amines is 2. The second-order valence-electron chi connectivity index (χ2n) is 3.87. The third-order valence-corrected chi connectivity index (χ3v) is 2.60. The minimum absolute atomic E-state index is 0.0948. The molecule has 17 heavy (non-hydrogen) atoms. The Bertz CT molecular complexity index is 474. The third-order valence-electron chi connectivity index (χ3n) is 2.60. The summed E-state index contributed by atoms with van der Waals surface area (Å²) >= 11 is 0. The van der Waals surface area contributed by atoms with Gasteiger partial charge in [0.2, 0.25) is 0 Å². The number of aromatic nitrogens is 4. The summed E-state index contributed by atoms with van der Waals surface area (Å²) in [6.07, 6.45) is 6.72. The van der Waals surface area contributed by atoms with Gasteiger partial charge in [0, 0.05) is 18.4 Å². The lowest BCUT2D eigenvalue weighted by molar-refractivity contribution is 0.0953. The highest BCUT2D eigenvalue weighted by Gasteiger charge is 2.05. The van der Waals surface area contributed by atoms with Gasteiger partial charge in [0.25, 0.3) is 5.91 Å². The van der Waals surface area contributed by atoms with E-state index in [1.165, 1.54) is 11.8 Å². The smallest absolute Gasteiger partial charge is 0.254 e. The van der Waals surface area contributed by atoms with Gasteiger partial charge in [-0.25, -0.2) is 0 Å². The topological polar surface area (TPSA) is 86.5 Å². The molecule has 0 atom stereocenters. The number of hydrogen-bond donors (Lipinski definition) is 3. The lowest BCUT2D eigenvalue weighted by Crippen LogP contribution is -2.24. The molecule has 0 fully saturated rings. The first-order chi connectivity index (χ1) is 8.27. The van der Waals surface area contributed by atoms with Crippen LogP contribution < -0.4 is 5.32 Å². The van der Waals surface area contributed by atoms with E-state index in [2.05, 4.69) is 25.7 Å². The molecule has 2 rings (SSSR count). The number of amides is 1. The van der Waals surface area contributed by atoms with Crippen LogP contribution in [-0.2, 0) is 6.42 Å². The van der Waals surface area contributed by atoms with E-state index in [-0.39, 0.29) is 5.91 Å². The number of H-pyrrole nitrogens is 2. The van der Waals surface area contributed by atoms with Crippen LogP contribution in [0.1, 0.15) is 28.0 Å². The Labute approximate surface area is 98.8 Å². The maximum Gasteiger partial charge on any atom is 0.254 e. The SMILES string of the molecule is Cc1[nH]ncc1CCCNC(=O)c1cn[nH]c1. The number of carbonyl (C=O) groups is 1. The summed E-state index contributed by atoms with van der Waals surface area (Å²) in [5, 5.41) is 16.0. The van der Waals surface area contributed by atoms with Crippen molar-refractivity contribution in [2.45, 2.75) is 19.8 Å². The zero-order valence-electron chi connectivity index (χ0n) is 9.66. The van der Waals surface area contributed by atoms with Crippen molar-refractivity contribution in [1.82, 2.24) is 25.7 Å². The molecular weight excluding hydrogens is 218 g/mol. The first kappa shape index (κ1) is 11.4. The highest BCUT2D eigenvalue weighted by molar-refractivity contribution is 5.93. The minimum atomic E-state index is -0.0948. The zero-order chi connectivity index (χ0) is 12.1. The molecule has 2 heterocycles. The number of hydrogen-bond acceptors (Lipinski definition) is 3. The van der Waals surface area contributed by atoms with Crippen molar-refractivity contribution in [2.75, 3.05) is 6.54 Å². The Morgan fingerprint density at radius 2 is 2.29 bits per heavy atom.